The molecule has 1 amide bonds. The molecule has 3 aromatic carbocycles. The summed E-state index contributed by atoms with van der Waals surface area (Å²) in [5.74, 6) is -1.83. The molecule has 0 bridgehead atoms. The van der Waals surface area contributed by atoms with Gasteiger partial charge in [0, 0.05) is 17.7 Å². The van der Waals surface area contributed by atoms with Crippen LogP contribution < -0.4 is 11.1 Å². The van der Waals surface area contributed by atoms with Crippen LogP contribution in [0, 0.1) is 23.0 Å². The Bertz CT molecular complexity index is 1400. The normalized spacial score (nSPS) is 11.5. The highest BCUT2D eigenvalue weighted by Gasteiger charge is 2.25. The number of primary amides is 1. The highest BCUT2D eigenvalue weighted by Crippen LogP contribution is 2.32. The zero-order valence-electron chi connectivity index (χ0n) is 18.7. The minimum atomic E-state index is -0.875. The molecule has 4 rings (SSSR count). The van der Waals surface area contributed by atoms with E-state index in [2.05, 4.69) is 11.4 Å². The number of hydrogen-bond acceptors (Lipinski definition) is 4. The molecule has 35 heavy (non-hydrogen) atoms. The number of carbonyl (C=O) groups excluding carboxylic acids is 1. The molecule has 7 heteroatoms. The van der Waals surface area contributed by atoms with Gasteiger partial charge in [0.2, 0.25) is 5.91 Å². The second-order valence-corrected chi connectivity index (χ2v) is 7.99. The van der Waals surface area contributed by atoms with Crippen LogP contribution in [0.1, 0.15) is 28.2 Å². The van der Waals surface area contributed by atoms with Gasteiger partial charge in [-0.3, -0.25) is 4.79 Å². The quantitative estimate of drug-likeness (QED) is 0.373. The first kappa shape index (κ1) is 23.6. The van der Waals surface area contributed by atoms with Crippen molar-refractivity contribution in [1.82, 2.24) is 4.98 Å². The number of nitrogens with zero attached hydrogens (tertiary/aromatic N) is 2. The molecule has 0 radical (unpaired) electrons. The average Bonchev–Trinajstić information content (AvgIpc) is 2.86. The summed E-state index contributed by atoms with van der Waals surface area (Å²) in [6, 6.07) is 24.6. The molecule has 1 unspecified atom stereocenters. The number of anilines is 1. The van der Waals surface area contributed by atoms with E-state index in [1.807, 2.05) is 12.1 Å². The van der Waals surface area contributed by atoms with Crippen molar-refractivity contribution in [2.45, 2.75) is 12.3 Å². The summed E-state index contributed by atoms with van der Waals surface area (Å²) < 4.78 is 27.1. The Morgan fingerprint density at radius 1 is 0.971 bits per heavy atom. The van der Waals surface area contributed by atoms with E-state index < -0.39 is 17.6 Å². The molecule has 0 spiro atoms. The molecule has 4 aromatic rings. The molecule has 0 aliphatic heterocycles. The SMILES string of the molecule is N#Cc1ccccc1-c1ccc(C(C(N)=O)c2ccc(F)cc2)c(NCCc2cccc(F)c2)n1. The Balaban J connectivity index is 1.74. The number of rotatable bonds is 8. The van der Waals surface area contributed by atoms with E-state index in [-0.39, 0.29) is 5.82 Å². The Morgan fingerprint density at radius 3 is 2.46 bits per heavy atom. The number of nitrogens with one attached hydrogen (secondary N) is 1. The summed E-state index contributed by atoms with van der Waals surface area (Å²) in [5.41, 5.74) is 9.26. The third kappa shape index (κ3) is 5.50. The maximum Gasteiger partial charge on any atom is 0.229 e. The molecule has 1 atom stereocenters. The van der Waals surface area contributed by atoms with Gasteiger partial charge in [-0.25, -0.2) is 13.8 Å². The van der Waals surface area contributed by atoms with Crippen LogP contribution in [0.15, 0.2) is 84.9 Å². The van der Waals surface area contributed by atoms with Crippen LogP contribution >= 0.6 is 0 Å². The molecular weight excluding hydrogens is 446 g/mol. The average molecular weight is 469 g/mol. The number of amides is 1. The molecular formula is C28H22F2N4O. The third-order valence-corrected chi connectivity index (χ3v) is 5.64. The predicted octanol–water partition coefficient (Wildman–Crippen LogP) is 5.17. The number of benzene rings is 3. The van der Waals surface area contributed by atoms with Gasteiger partial charge in [-0.1, -0.05) is 48.5 Å². The van der Waals surface area contributed by atoms with Gasteiger partial charge in [0.1, 0.15) is 17.5 Å². The van der Waals surface area contributed by atoms with Gasteiger partial charge in [0.25, 0.3) is 0 Å². The van der Waals surface area contributed by atoms with Crippen molar-refractivity contribution in [2.75, 3.05) is 11.9 Å². The minimum Gasteiger partial charge on any atom is -0.369 e. The van der Waals surface area contributed by atoms with Crippen LogP contribution in [-0.2, 0) is 11.2 Å². The first-order valence-corrected chi connectivity index (χ1v) is 11.0. The summed E-state index contributed by atoms with van der Waals surface area (Å²) in [5, 5.41) is 12.8. The summed E-state index contributed by atoms with van der Waals surface area (Å²) in [6.07, 6.45) is 0.510. The molecule has 0 saturated heterocycles. The van der Waals surface area contributed by atoms with Crippen molar-refractivity contribution in [3.05, 3.63) is 119 Å². The van der Waals surface area contributed by atoms with Crippen molar-refractivity contribution in [3.63, 3.8) is 0 Å². The van der Waals surface area contributed by atoms with Gasteiger partial charge in [0.05, 0.1) is 23.2 Å². The number of nitriles is 1. The molecule has 1 aromatic heterocycles. The Morgan fingerprint density at radius 2 is 1.74 bits per heavy atom. The monoisotopic (exact) mass is 468 g/mol. The lowest BCUT2D eigenvalue weighted by molar-refractivity contribution is -0.118. The van der Waals surface area contributed by atoms with Gasteiger partial charge in [-0.15, -0.1) is 0 Å². The van der Waals surface area contributed by atoms with E-state index in [0.717, 1.165) is 5.56 Å². The van der Waals surface area contributed by atoms with Crippen LogP contribution in [0.5, 0.6) is 0 Å². The number of hydrogen-bond donors (Lipinski definition) is 2. The third-order valence-electron chi connectivity index (χ3n) is 5.64. The number of nitrogens with two attached hydrogens (primary N) is 1. The smallest absolute Gasteiger partial charge is 0.229 e. The van der Waals surface area contributed by atoms with Gasteiger partial charge >= 0.3 is 0 Å². The fraction of sp³-hybridized carbons (Fsp3) is 0.107. The van der Waals surface area contributed by atoms with Crippen LogP contribution in [0.25, 0.3) is 11.3 Å². The van der Waals surface area contributed by atoms with Crippen molar-refractivity contribution in [1.29, 1.82) is 5.26 Å². The number of carbonyl (C=O) groups is 1. The molecule has 0 aliphatic carbocycles. The van der Waals surface area contributed by atoms with E-state index in [1.54, 1.807) is 36.4 Å². The molecule has 3 N–H and O–H groups in total. The highest BCUT2D eigenvalue weighted by atomic mass is 19.1. The summed E-state index contributed by atoms with van der Waals surface area (Å²) in [6.45, 7) is 0.404. The minimum absolute atomic E-state index is 0.318. The fourth-order valence-corrected chi connectivity index (χ4v) is 3.97. The predicted molar refractivity (Wildman–Crippen MR) is 130 cm³/mol. The van der Waals surface area contributed by atoms with E-state index in [4.69, 9.17) is 10.7 Å². The number of aromatic nitrogens is 1. The zero-order chi connectivity index (χ0) is 24.8. The van der Waals surface area contributed by atoms with Crippen LogP contribution in [0.3, 0.4) is 0 Å². The Kier molecular flexibility index (Phi) is 7.12. The van der Waals surface area contributed by atoms with E-state index in [0.29, 0.717) is 46.7 Å². The first-order chi connectivity index (χ1) is 17.0. The maximum atomic E-state index is 13.6. The fourth-order valence-electron chi connectivity index (χ4n) is 3.97. The molecule has 0 fully saturated rings. The second kappa shape index (κ2) is 10.6. The van der Waals surface area contributed by atoms with Crippen LogP contribution in [-0.4, -0.2) is 17.4 Å². The standard InChI is InChI=1S/C28H22F2N4O/c29-21-10-8-19(9-11-21)26(27(32)35)24-12-13-25(23-7-2-1-5-20(23)17-31)34-28(24)33-15-14-18-4-3-6-22(30)16-18/h1-13,16,26H,14-15H2,(H2,32,35)(H,33,34). The summed E-state index contributed by atoms with van der Waals surface area (Å²) >= 11 is 0. The van der Waals surface area contributed by atoms with E-state index in [1.165, 1.54) is 36.4 Å². The molecule has 5 nitrogen and oxygen atoms in total. The molecule has 0 saturated carbocycles. The first-order valence-electron chi connectivity index (χ1n) is 11.0. The van der Waals surface area contributed by atoms with Crippen molar-refractivity contribution < 1.29 is 13.6 Å². The molecule has 0 aliphatic rings. The lowest BCUT2D eigenvalue weighted by Crippen LogP contribution is -2.24. The van der Waals surface area contributed by atoms with E-state index >= 15 is 0 Å². The maximum absolute atomic E-state index is 13.6. The summed E-state index contributed by atoms with van der Waals surface area (Å²) in [7, 11) is 0. The van der Waals surface area contributed by atoms with Crippen molar-refractivity contribution >= 4 is 11.7 Å². The van der Waals surface area contributed by atoms with Crippen LogP contribution in [0.2, 0.25) is 0 Å². The number of pyridine rings is 1. The van der Waals surface area contributed by atoms with Crippen molar-refractivity contribution in [3.8, 4) is 17.3 Å². The second-order valence-electron chi connectivity index (χ2n) is 7.99. The highest BCUT2D eigenvalue weighted by molar-refractivity contribution is 5.87. The van der Waals surface area contributed by atoms with E-state index in [9.17, 15) is 18.8 Å². The van der Waals surface area contributed by atoms with Gasteiger partial charge < -0.3 is 11.1 Å². The zero-order valence-corrected chi connectivity index (χ0v) is 18.7. The van der Waals surface area contributed by atoms with Gasteiger partial charge in [-0.2, -0.15) is 5.26 Å². The summed E-state index contributed by atoms with van der Waals surface area (Å²) in [4.78, 5) is 17.2. The van der Waals surface area contributed by atoms with Crippen molar-refractivity contribution in [2.24, 2.45) is 5.73 Å². The lowest BCUT2D eigenvalue weighted by Gasteiger charge is -2.20. The Hall–Kier alpha value is -4.57. The van der Waals surface area contributed by atoms with Gasteiger partial charge in [0.15, 0.2) is 0 Å². The molecule has 1 heterocycles. The molecule has 174 valence electrons. The Labute approximate surface area is 201 Å². The van der Waals surface area contributed by atoms with Crippen LogP contribution in [0.4, 0.5) is 14.6 Å². The largest absolute Gasteiger partial charge is 0.369 e. The lowest BCUT2D eigenvalue weighted by atomic mass is 9.90. The topological polar surface area (TPSA) is 91.8 Å². The number of halogens is 2. The van der Waals surface area contributed by atoms with Gasteiger partial charge in [-0.05, 0) is 53.9 Å².